The van der Waals surface area contributed by atoms with Crippen molar-refractivity contribution in [3.63, 3.8) is 0 Å². The summed E-state index contributed by atoms with van der Waals surface area (Å²) in [5.41, 5.74) is 2.75. The van der Waals surface area contributed by atoms with Crippen LogP contribution in [0, 0.1) is 11.3 Å². The number of rotatable bonds is 7. The van der Waals surface area contributed by atoms with Gasteiger partial charge in [-0.05, 0) is 79.3 Å². The summed E-state index contributed by atoms with van der Waals surface area (Å²) in [5.74, 6) is 0.293. The molecule has 7 nitrogen and oxygen atoms in total. The number of carbonyl (C=O) groups is 1. The molecule has 1 heterocycles. The molecule has 9 heteroatoms. The van der Waals surface area contributed by atoms with Crippen LogP contribution in [0.1, 0.15) is 40.8 Å². The van der Waals surface area contributed by atoms with Gasteiger partial charge in [-0.25, -0.2) is 8.42 Å². The summed E-state index contributed by atoms with van der Waals surface area (Å²) in [7, 11) is -2.22. The Kier molecular flexibility index (Phi) is 7.54. The van der Waals surface area contributed by atoms with Crippen LogP contribution in [-0.2, 0) is 27.7 Å². The number of benzene rings is 2. The SMILES string of the molecule is COc1ccc(NS(=O)(=O)c2ccc(/C=C/C(=O)Nc3sc4c(c3C#N)CCCCC4)cc2)cc1. The number of thiophene rings is 1. The molecule has 1 amide bonds. The highest BCUT2D eigenvalue weighted by atomic mass is 32.2. The normalized spacial score (nSPS) is 13.5. The Morgan fingerprint density at radius 2 is 1.77 bits per heavy atom. The summed E-state index contributed by atoms with van der Waals surface area (Å²) >= 11 is 1.49. The lowest BCUT2D eigenvalue weighted by atomic mass is 10.1. The first-order chi connectivity index (χ1) is 16.9. The molecule has 0 fully saturated rings. The molecule has 4 rings (SSSR count). The van der Waals surface area contributed by atoms with Gasteiger partial charge in [0.2, 0.25) is 5.91 Å². The van der Waals surface area contributed by atoms with Gasteiger partial charge in [-0.2, -0.15) is 5.26 Å². The van der Waals surface area contributed by atoms with Crippen LogP contribution in [0.15, 0.2) is 59.5 Å². The fourth-order valence-corrected chi connectivity index (χ4v) is 6.21. The molecule has 0 saturated heterocycles. The molecule has 2 N–H and O–H groups in total. The zero-order chi connectivity index (χ0) is 24.8. The molecule has 3 aromatic rings. The van der Waals surface area contributed by atoms with E-state index in [1.54, 1.807) is 42.5 Å². The third-order valence-electron chi connectivity index (χ3n) is 5.73. The Morgan fingerprint density at radius 1 is 1.06 bits per heavy atom. The third-order valence-corrected chi connectivity index (χ3v) is 8.33. The summed E-state index contributed by atoms with van der Waals surface area (Å²) in [4.78, 5) is 13.8. The average Bonchev–Trinajstić information content (AvgIpc) is 3.01. The lowest BCUT2D eigenvalue weighted by Crippen LogP contribution is -2.12. The van der Waals surface area contributed by atoms with Crippen LogP contribution >= 0.6 is 11.3 Å². The Labute approximate surface area is 209 Å². The van der Waals surface area contributed by atoms with E-state index in [9.17, 15) is 18.5 Å². The molecule has 0 spiro atoms. The first kappa shape index (κ1) is 24.5. The van der Waals surface area contributed by atoms with Gasteiger partial charge in [0.1, 0.15) is 16.8 Å². The molecule has 1 aliphatic carbocycles. The maximum Gasteiger partial charge on any atom is 0.261 e. The predicted molar refractivity (Wildman–Crippen MR) is 138 cm³/mol. The first-order valence-electron chi connectivity index (χ1n) is 11.2. The van der Waals surface area contributed by atoms with Crippen molar-refractivity contribution in [1.29, 1.82) is 5.26 Å². The van der Waals surface area contributed by atoms with Crippen molar-refractivity contribution < 1.29 is 17.9 Å². The van der Waals surface area contributed by atoms with Crippen LogP contribution in [0.4, 0.5) is 10.7 Å². The van der Waals surface area contributed by atoms with Crippen molar-refractivity contribution in [2.24, 2.45) is 0 Å². The summed E-state index contributed by atoms with van der Waals surface area (Å²) in [6.45, 7) is 0. The highest BCUT2D eigenvalue weighted by Crippen LogP contribution is 2.37. The lowest BCUT2D eigenvalue weighted by Gasteiger charge is -2.09. The summed E-state index contributed by atoms with van der Waals surface area (Å²) < 4.78 is 32.9. The fourth-order valence-electron chi connectivity index (χ4n) is 3.91. The van der Waals surface area contributed by atoms with Crippen LogP contribution in [0.2, 0.25) is 0 Å². The molecule has 35 heavy (non-hydrogen) atoms. The number of hydrogen-bond donors (Lipinski definition) is 2. The average molecular weight is 508 g/mol. The third kappa shape index (κ3) is 5.91. The zero-order valence-corrected chi connectivity index (χ0v) is 20.8. The van der Waals surface area contributed by atoms with Gasteiger partial charge in [-0.1, -0.05) is 18.6 Å². The maximum absolute atomic E-state index is 12.7. The van der Waals surface area contributed by atoms with E-state index in [4.69, 9.17) is 4.74 Å². The molecule has 0 bridgehead atoms. The van der Waals surface area contributed by atoms with Crippen molar-refractivity contribution in [2.45, 2.75) is 37.0 Å². The molecule has 2 aromatic carbocycles. The van der Waals surface area contributed by atoms with Gasteiger partial charge in [0.25, 0.3) is 10.0 Å². The quantitative estimate of drug-likeness (QED) is 0.331. The Bertz CT molecular complexity index is 1380. The first-order valence-corrected chi connectivity index (χ1v) is 13.5. The van der Waals surface area contributed by atoms with Crippen molar-refractivity contribution >= 4 is 44.0 Å². The summed E-state index contributed by atoms with van der Waals surface area (Å²) in [6, 6.07) is 15.0. The minimum Gasteiger partial charge on any atom is -0.497 e. The number of amides is 1. The molecule has 0 atom stereocenters. The number of nitriles is 1. The molecule has 1 aliphatic rings. The molecule has 0 unspecified atom stereocenters. The number of aryl methyl sites for hydroxylation is 1. The number of nitrogens with one attached hydrogen (secondary N) is 2. The predicted octanol–water partition coefficient (Wildman–Crippen LogP) is 5.35. The van der Waals surface area contributed by atoms with Crippen LogP contribution in [-0.4, -0.2) is 21.4 Å². The summed E-state index contributed by atoms with van der Waals surface area (Å²) in [5, 5.41) is 13.0. The number of nitrogens with zero attached hydrogens (tertiary/aromatic N) is 1. The Hall–Kier alpha value is -3.61. The van der Waals surface area contributed by atoms with Crippen LogP contribution < -0.4 is 14.8 Å². The second kappa shape index (κ2) is 10.8. The van der Waals surface area contributed by atoms with E-state index in [1.807, 2.05) is 0 Å². The Morgan fingerprint density at radius 3 is 2.46 bits per heavy atom. The van der Waals surface area contributed by atoms with Crippen LogP contribution in [0.3, 0.4) is 0 Å². The number of hydrogen-bond acceptors (Lipinski definition) is 6. The zero-order valence-electron chi connectivity index (χ0n) is 19.2. The van der Waals surface area contributed by atoms with E-state index >= 15 is 0 Å². The van der Waals surface area contributed by atoms with Crippen LogP contribution in [0.5, 0.6) is 5.75 Å². The monoisotopic (exact) mass is 507 g/mol. The highest BCUT2D eigenvalue weighted by Gasteiger charge is 2.20. The van der Waals surface area contributed by atoms with Crippen molar-refractivity contribution in [3.8, 4) is 11.8 Å². The number of carbonyl (C=O) groups excluding carboxylic acids is 1. The van der Waals surface area contributed by atoms with Gasteiger partial charge in [0.05, 0.1) is 17.6 Å². The second-order valence-corrected chi connectivity index (χ2v) is 10.9. The molecule has 0 radical (unpaired) electrons. The largest absolute Gasteiger partial charge is 0.497 e. The second-order valence-electron chi connectivity index (χ2n) is 8.11. The topological polar surface area (TPSA) is 108 Å². The number of sulfonamides is 1. The van der Waals surface area contributed by atoms with Gasteiger partial charge >= 0.3 is 0 Å². The van der Waals surface area contributed by atoms with Crippen molar-refractivity contribution in [2.75, 3.05) is 17.1 Å². The molecule has 0 saturated carbocycles. The minimum atomic E-state index is -3.76. The van der Waals surface area contributed by atoms with Crippen molar-refractivity contribution in [1.82, 2.24) is 0 Å². The van der Waals surface area contributed by atoms with Gasteiger partial charge in [-0.3, -0.25) is 9.52 Å². The number of fused-ring (bicyclic) bond motifs is 1. The fraction of sp³-hybridized carbons (Fsp3) is 0.231. The molecular weight excluding hydrogens is 482 g/mol. The molecule has 1 aromatic heterocycles. The van der Waals surface area contributed by atoms with E-state index < -0.39 is 10.0 Å². The number of methoxy groups -OCH3 is 1. The van der Waals surface area contributed by atoms with E-state index in [2.05, 4.69) is 16.1 Å². The standard InChI is InChI=1S/C26H25N3O4S2/c1-33-20-12-10-19(11-13-20)29-35(31,32)21-14-7-18(8-15-21)9-16-25(30)28-26-23(17-27)22-5-3-2-4-6-24(22)34-26/h7-16,29H,2-6H2,1H3,(H,28,30)/b16-9+. The van der Waals surface area contributed by atoms with Crippen LogP contribution in [0.25, 0.3) is 6.08 Å². The molecule has 0 aliphatic heterocycles. The Balaban J connectivity index is 1.41. The van der Waals surface area contributed by atoms with E-state index in [1.165, 1.54) is 41.5 Å². The number of anilines is 2. The van der Waals surface area contributed by atoms with E-state index in [0.29, 0.717) is 27.6 Å². The lowest BCUT2D eigenvalue weighted by molar-refractivity contribution is -0.111. The number of ether oxygens (including phenoxy) is 1. The highest BCUT2D eigenvalue weighted by molar-refractivity contribution is 7.92. The van der Waals surface area contributed by atoms with E-state index in [0.717, 1.165) is 37.7 Å². The molecular formula is C26H25N3O4S2. The maximum atomic E-state index is 12.7. The van der Waals surface area contributed by atoms with Gasteiger partial charge < -0.3 is 10.1 Å². The van der Waals surface area contributed by atoms with E-state index in [-0.39, 0.29) is 10.8 Å². The smallest absolute Gasteiger partial charge is 0.261 e. The minimum absolute atomic E-state index is 0.105. The summed E-state index contributed by atoms with van der Waals surface area (Å²) in [6.07, 6.45) is 8.14. The van der Waals surface area contributed by atoms with Gasteiger partial charge in [0.15, 0.2) is 0 Å². The van der Waals surface area contributed by atoms with Gasteiger partial charge in [0, 0.05) is 16.6 Å². The van der Waals surface area contributed by atoms with Crippen molar-refractivity contribution in [3.05, 3.63) is 76.2 Å². The molecule has 180 valence electrons. The van der Waals surface area contributed by atoms with Gasteiger partial charge in [-0.15, -0.1) is 11.3 Å².